The minimum atomic E-state index is 0.119. The minimum absolute atomic E-state index is 0.119. The van der Waals surface area contributed by atoms with Crippen LogP contribution in [-0.2, 0) is 9.59 Å². The lowest BCUT2D eigenvalue weighted by atomic mass is 9.78. The first-order valence-electron chi connectivity index (χ1n) is 5.28. The Morgan fingerprint density at radius 1 is 1.21 bits per heavy atom. The maximum Gasteiger partial charge on any atom is 0.133 e. The number of rotatable bonds is 3. The summed E-state index contributed by atoms with van der Waals surface area (Å²) in [5.74, 6) is 1.78. The quantitative estimate of drug-likeness (QED) is 0.641. The van der Waals surface area contributed by atoms with E-state index in [9.17, 15) is 9.59 Å². The molecule has 2 aliphatic carbocycles. The fourth-order valence-corrected chi connectivity index (χ4v) is 3.14. The van der Waals surface area contributed by atoms with Gasteiger partial charge < -0.3 is 4.79 Å². The summed E-state index contributed by atoms with van der Waals surface area (Å²) in [5, 5.41) is 0. The van der Waals surface area contributed by atoms with Crippen LogP contribution >= 0.6 is 0 Å². The average Bonchev–Trinajstić information content (AvgIpc) is 2.61. The predicted octanol–water partition coefficient (Wildman–Crippen LogP) is 1.99. The normalized spacial score (nSPS) is 39.0. The number of carbonyl (C=O) groups excluding carboxylic acids is 2. The van der Waals surface area contributed by atoms with Crippen molar-refractivity contribution in [2.45, 2.75) is 26.7 Å². The van der Waals surface area contributed by atoms with Crippen LogP contribution in [0.4, 0.5) is 0 Å². The molecule has 1 fully saturated rings. The van der Waals surface area contributed by atoms with E-state index in [0.717, 1.165) is 6.42 Å². The molecule has 2 nitrogen and oxygen atoms in total. The number of hydrogen-bond acceptors (Lipinski definition) is 2. The Hall–Kier alpha value is -0.920. The van der Waals surface area contributed by atoms with Gasteiger partial charge in [-0.1, -0.05) is 12.2 Å². The highest BCUT2D eigenvalue weighted by molar-refractivity contribution is 5.82. The zero-order chi connectivity index (χ0) is 10.3. The van der Waals surface area contributed by atoms with Crippen molar-refractivity contribution < 1.29 is 9.59 Å². The SMILES string of the molecule is CC(=O)CC1C2C=CC(C2)C1C(C)=O. The van der Waals surface area contributed by atoms with Crippen LogP contribution in [0.5, 0.6) is 0 Å². The van der Waals surface area contributed by atoms with Crippen molar-refractivity contribution >= 4 is 11.6 Å². The van der Waals surface area contributed by atoms with Crippen molar-refractivity contribution in [3.63, 3.8) is 0 Å². The van der Waals surface area contributed by atoms with E-state index in [1.165, 1.54) is 0 Å². The molecule has 0 radical (unpaired) electrons. The van der Waals surface area contributed by atoms with Gasteiger partial charge in [-0.15, -0.1) is 0 Å². The molecule has 0 aromatic rings. The lowest BCUT2D eigenvalue weighted by molar-refractivity contribution is -0.124. The summed E-state index contributed by atoms with van der Waals surface area (Å²) in [6, 6.07) is 0. The monoisotopic (exact) mass is 192 g/mol. The third kappa shape index (κ3) is 1.43. The topological polar surface area (TPSA) is 34.1 Å². The van der Waals surface area contributed by atoms with Gasteiger partial charge in [-0.3, -0.25) is 4.79 Å². The summed E-state index contributed by atoms with van der Waals surface area (Å²) in [4.78, 5) is 22.6. The number of Topliss-reactive ketones (excluding diaryl/α,β-unsaturated/α-hetero) is 2. The molecule has 0 amide bonds. The predicted molar refractivity (Wildman–Crippen MR) is 53.7 cm³/mol. The highest BCUT2D eigenvalue weighted by atomic mass is 16.1. The largest absolute Gasteiger partial charge is 0.300 e. The molecule has 14 heavy (non-hydrogen) atoms. The molecular weight excluding hydrogens is 176 g/mol. The Balaban J connectivity index is 2.18. The fourth-order valence-electron chi connectivity index (χ4n) is 3.14. The Kier molecular flexibility index (Phi) is 2.30. The highest BCUT2D eigenvalue weighted by Gasteiger charge is 2.46. The first-order valence-corrected chi connectivity index (χ1v) is 5.28. The van der Waals surface area contributed by atoms with Gasteiger partial charge in [-0.25, -0.2) is 0 Å². The molecule has 4 unspecified atom stereocenters. The second kappa shape index (κ2) is 3.34. The molecule has 76 valence electrons. The van der Waals surface area contributed by atoms with Crippen LogP contribution in [-0.4, -0.2) is 11.6 Å². The fraction of sp³-hybridized carbons (Fsp3) is 0.667. The summed E-state index contributed by atoms with van der Waals surface area (Å²) < 4.78 is 0. The molecule has 2 heteroatoms. The van der Waals surface area contributed by atoms with Crippen molar-refractivity contribution in [3.8, 4) is 0 Å². The molecule has 0 aliphatic heterocycles. The number of hydrogen-bond donors (Lipinski definition) is 0. The van der Waals surface area contributed by atoms with Gasteiger partial charge >= 0.3 is 0 Å². The second-order valence-corrected chi connectivity index (χ2v) is 4.65. The first kappa shape index (κ1) is 9.63. The number of carbonyl (C=O) groups is 2. The Labute approximate surface area is 84.4 Å². The molecule has 0 N–H and O–H groups in total. The molecular formula is C12H16O2. The molecule has 0 heterocycles. The smallest absolute Gasteiger partial charge is 0.133 e. The molecule has 4 atom stereocenters. The number of fused-ring (bicyclic) bond motifs is 2. The van der Waals surface area contributed by atoms with Crippen LogP contribution < -0.4 is 0 Å². The lowest BCUT2D eigenvalue weighted by Gasteiger charge is -2.24. The van der Waals surface area contributed by atoms with E-state index in [2.05, 4.69) is 12.2 Å². The Bertz CT molecular complexity index is 303. The molecule has 0 aromatic carbocycles. The summed E-state index contributed by atoms with van der Waals surface area (Å²) in [7, 11) is 0. The van der Waals surface area contributed by atoms with E-state index in [4.69, 9.17) is 0 Å². The molecule has 2 rings (SSSR count). The van der Waals surface area contributed by atoms with E-state index in [1.54, 1.807) is 13.8 Å². The minimum Gasteiger partial charge on any atom is -0.300 e. The van der Waals surface area contributed by atoms with E-state index >= 15 is 0 Å². The Morgan fingerprint density at radius 2 is 1.86 bits per heavy atom. The third-order valence-electron chi connectivity index (χ3n) is 3.61. The molecule has 2 aliphatic rings. The maximum absolute atomic E-state index is 11.5. The zero-order valence-corrected chi connectivity index (χ0v) is 8.69. The van der Waals surface area contributed by atoms with Gasteiger partial charge in [-0.05, 0) is 38.0 Å². The zero-order valence-electron chi connectivity index (χ0n) is 8.69. The standard InChI is InChI=1S/C12H16O2/c1-7(13)5-11-9-3-4-10(6-9)12(11)8(2)14/h3-4,9-12H,5-6H2,1-2H3. The second-order valence-electron chi connectivity index (χ2n) is 4.65. The van der Waals surface area contributed by atoms with Crippen LogP contribution in [0, 0.1) is 23.7 Å². The number of allylic oxidation sites excluding steroid dienone is 2. The van der Waals surface area contributed by atoms with Crippen LogP contribution in [0.2, 0.25) is 0 Å². The van der Waals surface area contributed by atoms with Crippen molar-refractivity contribution in [1.29, 1.82) is 0 Å². The third-order valence-corrected chi connectivity index (χ3v) is 3.61. The van der Waals surface area contributed by atoms with Crippen molar-refractivity contribution in [3.05, 3.63) is 12.2 Å². The first-order chi connectivity index (χ1) is 6.59. The molecule has 1 saturated carbocycles. The van der Waals surface area contributed by atoms with E-state index in [0.29, 0.717) is 24.2 Å². The van der Waals surface area contributed by atoms with Gasteiger partial charge in [0.15, 0.2) is 0 Å². The van der Waals surface area contributed by atoms with Crippen LogP contribution in [0.15, 0.2) is 12.2 Å². The van der Waals surface area contributed by atoms with Gasteiger partial charge in [0, 0.05) is 12.3 Å². The summed E-state index contributed by atoms with van der Waals surface area (Å²) in [6.45, 7) is 3.28. The van der Waals surface area contributed by atoms with Crippen LogP contribution in [0.25, 0.3) is 0 Å². The van der Waals surface area contributed by atoms with Gasteiger partial charge in [0.25, 0.3) is 0 Å². The average molecular weight is 192 g/mol. The van der Waals surface area contributed by atoms with E-state index in [1.807, 2.05) is 0 Å². The van der Waals surface area contributed by atoms with Crippen LogP contribution in [0.1, 0.15) is 26.7 Å². The molecule has 2 bridgehead atoms. The molecule has 0 aromatic heterocycles. The summed E-state index contributed by atoms with van der Waals surface area (Å²) >= 11 is 0. The highest BCUT2D eigenvalue weighted by Crippen LogP contribution is 2.49. The number of ketones is 2. The summed E-state index contributed by atoms with van der Waals surface area (Å²) in [5.41, 5.74) is 0. The van der Waals surface area contributed by atoms with Crippen molar-refractivity contribution in [2.24, 2.45) is 23.7 Å². The van der Waals surface area contributed by atoms with Crippen molar-refractivity contribution in [1.82, 2.24) is 0 Å². The van der Waals surface area contributed by atoms with Crippen molar-refractivity contribution in [2.75, 3.05) is 0 Å². The lowest BCUT2D eigenvalue weighted by Crippen LogP contribution is -2.27. The van der Waals surface area contributed by atoms with Gasteiger partial charge in [0.1, 0.15) is 11.6 Å². The van der Waals surface area contributed by atoms with E-state index in [-0.39, 0.29) is 17.5 Å². The van der Waals surface area contributed by atoms with Gasteiger partial charge in [0.2, 0.25) is 0 Å². The van der Waals surface area contributed by atoms with Gasteiger partial charge in [-0.2, -0.15) is 0 Å². The van der Waals surface area contributed by atoms with Crippen LogP contribution in [0.3, 0.4) is 0 Å². The Morgan fingerprint density at radius 3 is 2.43 bits per heavy atom. The maximum atomic E-state index is 11.5. The summed E-state index contributed by atoms with van der Waals surface area (Å²) in [6.07, 6.45) is 6.02. The van der Waals surface area contributed by atoms with E-state index < -0.39 is 0 Å². The molecule has 0 spiro atoms. The van der Waals surface area contributed by atoms with Gasteiger partial charge in [0.05, 0.1) is 0 Å². The molecule has 0 saturated heterocycles.